The van der Waals surface area contributed by atoms with Crippen LogP contribution in [0.3, 0.4) is 0 Å². The summed E-state index contributed by atoms with van der Waals surface area (Å²) in [7, 11) is 0. The summed E-state index contributed by atoms with van der Waals surface area (Å²) in [6, 6.07) is 16.6. The molecule has 208 valence electrons. The second kappa shape index (κ2) is 13.0. The first-order valence-corrected chi connectivity index (χ1v) is 14.2. The smallest absolute Gasteiger partial charge is 0.253 e. The predicted molar refractivity (Wildman–Crippen MR) is 155 cm³/mol. The van der Waals surface area contributed by atoms with Gasteiger partial charge in [-0.1, -0.05) is 41.4 Å². The highest BCUT2D eigenvalue weighted by Gasteiger charge is 2.28. The van der Waals surface area contributed by atoms with Crippen LogP contribution in [0.2, 0.25) is 10.0 Å². The number of carbonyl (C=O) groups excluding carboxylic acids is 1. The number of hydrogen-bond donors (Lipinski definition) is 1. The molecule has 0 bridgehead atoms. The van der Waals surface area contributed by atoms with Crippen molar-refractivity contribution in [1.82, 2.24) is 20.1 Å². The van der Waals surface area contributed by atoms with Gasteiger partial charge >= 0.3 is 0 Å². The Balaban J connectivity index is 1.08. The molecule has 10 heteroatoms. The van der Waals surface area contributed by atoms with Gasteiger partial charge < -0.3 is 10.2 Å². The van der Waals surface area contributed by atoms with Crippen LogP contribution in [-0.4, -0.2) is 66.0 Å². The van der Waals surface area contributed by atoms with Crippen LogP contribution < -0.4 is 10.2 Å². The van der Waals surface area contributed by atoms with Gasteiger partial charge in [0.2, 0.25) is 0 Å². The fourth-order valence-electron chi connectivity index (χ4n) is 5.41. The fourth-order valence-corrected chi connectivity index (χ4v) is 5.86. The first-order chi connectivity index (χ1) is 19.4. The standard InChI is InChI=1S/C30H31Cl2FN6O/c31-25-6-5-23(28(33)16-25)18-36-30(40)24-15-27(32)29(35-19-24)39-13-11-38(12-14-39)26-7-9-37(10-8-26)20-22-3-1-21(17-34)2-4-22/h1-6,15-16,19,26H,7-14,18,20H2,(H,36,40). The summed E-state index contributed by atoms with van der Waals surface area (Å²) >= 11 is 12.3. The van der Waals surface area contributed by atoms with E-state index >= 15 is 0 Å². The SMILES string of the molecule is N#Cc1ccc(CN2CCC(N3CCN(c4ncc(C(=O)NCc5ccc(Cl)cc5F)cc4Cl)CC3)CC2)cc1. The average Bonchev–Trinajstić information content (AvgIpc) is 2.97. The summed E-state index contributed by atoms with van der Waals surface area (Å²) in [4.78, 5) is 24.3. The molecular formula is C30H31Cl2FN6O. The summed E-state index contributed by atoms with van der Waals surface area (Å²) in [6.07, 6.45) is 3.79. The molecule has 2 aromatic carbocycles. The number of likely N-dealkylation sites (tertiary alicyclic amines) is 1. The number of carbonyl (C=O) groups is 1. The lowest BCUT2D eigenvalue weighted by molar-refractivity contribution is 0.0950. The Labute approximate surface area is 244 Å². The van der Waals surface area contributed by atoms with Crippen LogP contribution in [-0.2, 0) is 13.1 Å². The minimum atomic E-state index is -0.466. The third kappa shape index (κ3) is 6.91. The lowest BCUT2D eigenvalue weighted by Gasteiger charge is -2.43. The lowest BCUT2D eigenvalue weighted by atomic mass is 10.0. The Bertz CT molecular complexity index is 1380. The number of nitriles is 1. The molecule has 2 aliphatic rings. The second-order valence-electron chi connectivity index (χ2n) is 10.3. The van der Waals surface area contributed by atoms with Crippen molar-refractivity contribution in [1.29, 1.82) is 5.26 Å². The van der Waals surface area contributed by atoms with Gasteiger partial charge in [0, 0.05) is 62.1 Å². The minimum absolute atomic E-state index is 0.0392. The number of pyridine rings is 1. The molecule has 2 saturated heterocycles. The Kier molecular flexibility index (Phi) is 9.18. The third-order valence-electron chi connectivity index (χ3n) is 7.71. The van der Waals surface area contributed by atoms with Crippen LogP contribution in [0, 0.1) is 17.1 Å². The number of anilines is 1. The van der Waals surface area contributed by atoms with Gasteiger partial charge in [-0.2, -0.15) is 5.26 Å². The van der Waals surface area contributed by atoms with Gasteiger partial charge in [0.1, 0.15) is 11.6 Å². The molecule has 3 heterocycles. The van der Waals surface area contributed by atoms with Gasteiger partial charge in [0.05, 0.1) is 22.2 Å². The number of nitrogens with one attached hydrogen (secondary N) is 1. The highest BCUT2D eigenvalue weighted by molar-refractivity contribution is 6.33. The number of aromatic nitrogens is 1. The molecule has 3 aromatic rings. The molecular weight excluding hydrogens is 550 g/mol. The molecule has 7 nitrogen and oxygen atoms in total. The first-order valence-electron chi connectivity index (χ1n) is 13.5. The Morgan fingerprint density at radius 2 is 1.75 bits per heavy atom. The lowest BCUT2D eigenvalue weighted by Crippen LogP contribution is -2.53. The van der Waals surface area contributed by atoms with E-state index in [2.05, 4.69) is 31.1 Å². The Hall–Kier alpha value is -3.22. The normalized spacial score (nSPS) is 17.0. The molecule has 0 saturated carbocycles. The molecule has 2 aliphatic heterocycles. The molecule has 0 atom stereocenters. The molecule has 2 fully saturated rings. The molecule has 0 spiro atoms. The fraction of sp³-hybridized carbons (Fsp3) is 0.367. The number of nitrogens with zero attached hydrogens (tertiary/aromatic N) is 5. The van der Waals surface area contributed by atoms with E-state index < -0.39 is 5.82 Å². The van der Waals surface area contributed by atoms with Crippen LogP contribution in [0.25, 0.3) is 0 Å². The van der Waals surface area contributed by atoms with Crippen molar-refractivity contribution < 1.29 is 9.18 Å². The highest BCUT2D eigenvalue weighted by Crippen LogP contribution is 2.27. The quantitative estimate of drug-likeness (QED) is 0.418. The zero-order chi connectivity index (χ0) is 28.1. The maximum atomic E-state index is 14.0. The molecule has 0 unspecified atom stereocenters. The average molecular weight is 582 g/mol. The van der Waals surface area contributed by atoms with E-state index in [0.29, 0.717) is 38.6 Å². The summed E-state index contributed by atoms with van der Waals surface area (Å²) in [5.74, 6) is -0.156. The van der Waals surface area contributed by atoms with Crippen molar-refractivity contribution in [3.8, 4) is 6.07 Å². The number of piperidine rings is 1. The van der Waals surface area contributed by atoms with E-state index in [9.17, 15) is 9.18 Å². The number of hydrogen-bond acceptors (Lipinski definition) is 6. The predicted octanol–water partition coefficient (Wildman–Crippen LogP) is 5.12. The summed E-state index contributed by atoms with van der Waals surface area (Å²) in [6.45, 7) is 6.60. The number of piperazine rings is 1. The van der Waals surface area contributed by atoms with E-state index in [4.69, 9.17) is 28.5 Å². The number of rotatable bonds is 7. The van der Waals surface area contributed by atoms with Crippen LogP contribution in [0.5, 0.6) is 0 Å². The van der Waals surface area contributed by atoms with Crippen molar-refractivity contribution in [3.63, 3.8) is 0 Å². The molecule has 1 aromatic heterocycles. The zero-order valence-corrected chi connectivity index (χ0v) is 23.6. The van der Waals surface area contributed by atoms with E-state index in [1.165, 1.54) is 17.8 Å². The van der Waals surface area contributed by atoms with Crippen LogP contribution in [0.1, 0.15) is 39.9 Å². The summed E-state index contributed by atoms with van der Waals surface area (Å²) in [5, 5.41) is 12.4. The topological polar surface area (TPSA) is 75.5 Å². The largest absolute Gasteiger partial charge is 0.353 e. The highest BCUT2D eigenvalue weighted by atomic mass is 35.5. The summed E-state index contributed by atoms with van der Waals surface area (Å²) in [5.41, 5.74) is 2.62. The second-order valence-corrected chi connectivity index (χ2v) is 11.1. The van der Waals surface area contributed by atoms with E-state index in [0.717, 1.165) is 58.7 Å². The molecule has 5 rings (SSSR count). The maximum Gasteiger partial charge on any atom is 0.253 e. The molecule has 40 heavy (non-hydrogen) atoms. The third-order valence-corrected chi connectivity index (χ3v) is 8.23. The van der Waals surface area contributed by atoms with E-state index in [1.807, 2.05) is 24.3 Å². The van der Waals surface area contributed by atoms with Crippen molar-refractivity contribution in [2.45, 2.75) is 32.0 Å². The van der Waals surface area contributed by atoms with E-state index in [-0.39, 0.29) is 12.5 Å². The minimum Gasteiger partial charge on any atom is -0.353 e. The van der Waals surface area contributed by atoms with Gasteiger partial charge in [0.25, 0.3) is 5.91 Å². The first kappa shape index (κ1) is 28.3. The van der Waals surface area contributed by atoms with Crippen LogP contribution in [0.4, 0.5) is 10.2 Å². The molecule has 1 N–H and O–H groups in total. The number of halogens is 3. The van der Waals surface area contributed by atoms with Crippen molar-refractivity contribution >= 4 is 34.9 Å². The van der Waals surface area contributed by atoms with Crippen molar-refractivity contribution in [2.24, 2.45) is 0 Å². The van der Waals surface area contributed by atoms with Gasteiger partial charge in [-0.05, 0) is 61.8 Å². The van der Waals surface area contributed by atoms with Gasteiger partial charge in [-0.25, -0.2) is 9.37 Å². The monoisotopic (exact) mass is 580 g/mol. The molecule has 1 amide bonds. The van der Waals surface area contributed by atoms with Gasteiger partial charge in [-0.15, -0.1) is 0 Å². The number of amides is 1. The van der Waals surface area contributed by atoms with Gasteiger partial charge in [-0.3, -0.25) is 14.6 Å². The van der Waals surface area contributed by atoms with Gasteiger partial charge in [0.15, 0.2) is 0 Å². The molecule has 0 radical (unpaired) electrons. The Morgan fingerprint density at radius 3 is 2.40 bits per heavy atom. The number of benzene rings is 2. The van der Waals surface area contributed by atoms with Crippen molar-refractivity contribution in [3.05, 3.63) is 92.8 Å². The molecule has 0 aliphatic carbocycles. The zero-order valence-electron chi connectivity index (χ0n) is 22.1. The maximum absolute atomic E-state index is 14.0. The van der Waals surface area contributed by atoms with E-state index in [1.54, 1.807) is 18.2 Å². The van der Waals surface area contributed by atoms with Crippen LogP contribution >= 0.6 is 23.2 Å². The van der Waals surface area contributed by atoms with Crippen molar-refractivity contribution in [2.75, 3.05) is 44.2 Å². The Morgan fingerprint density at radius 1 is 1.02 bits per heavy atom. The van der Waals surface area contributed by atoms with Crippen LogP contribution in [0.15, 0.2) is 54.7 Å². The summed E-state index contributed by atoms with van der Waals surface area (Å²) < 4.78 is 14.0.